The highest BCUT2D eigenvalue weighted by molar-refractivity contribution is 5.85. The van der Waals surface area contributed by atoms with Gasteiger partial charge in [0, 0.05) is 12.5 Å². The summed E-state index contributed by atoms with van der Waals surface area (Å²) in [5.74, 6) is 0.434. The summed E-state index contributed by atoms with van der Waals surface area (Å²) < 4.78 is 0. The van der Waals surface area contributed by atoms with Gasteiger partial charge in [0.05, 0.1) is 6.04 Å². The van der Waals surface area contributed by atoms with Crippen LogP contribution in [0.5, 0.6) is 0 Å². The van der Waals surface area contributed by atoms with Crippen molar-refractivity contribution in [3.05, 3.63) is 0 Å². The Morgan fingerprint density at radius 3 is 3.00 bits per heavy atom. The third-order valence-corrected chi connectivity index (χ3v) is 2.37. The minimum Gasteiger partial charge on any atom is -0.305 e. The number of hydrogen-bond acceptors (Lipinski definition) is 2. The Morgan fingerprint density at radius 2 is 2.22 bits per heavy atom. The molecule has 0 aromatic heterocycles. The molecule has 0 amide bonds. The number of carbonyl (C=O) groups is 1. The average molecular weight is 125 g/mol. The topological polar surface area (TPSA) is 29.1 Å². The molecule has 2 atom stereocenters. The number of piperidine rings is 1. The van der Waals surface area contributed by atoms with Crippen LogP contribution in [0.25, 0.3) is 0 Å². The molecular weight excluding hydrogens is 114 g/mol. The fraction of sp³-hybridized carbons (Fsp3) is 0.857. The molecule has 0 radical (unpaired) electrons. The third kappa shape index (κ3) is 0.778. The van der Waals surface area contributed by atoms with Crippen molar-refractivity contribution in [1.82, 2.24) is 5.32 Å². The van der Waals surface area contributed by atoms with Gasteiger partial charge in [-0.15, -0.1) is 0 Å². The lowest BCUT2D eigenvalue weighted by Gasteiger charge is -2.18. The first kappa shape index (κ1) is 5.42. The molecule has 0 saturated carbocycles. The number of nitrogens with one attached hydrogen (secondary N) is 1. The number of rotatable bonds is 0. The molecule has 50 valence electrons. The van der Waals surface area contributed by atoms with Crippen LogP contribution in [0.4, 0.5) is 0 Å². The van der Waals surface area contributed by atoms with Gasteiger partial charge < -0.3 is 5.32 Å². The van der Waals surface area contributed by atoms with E-state index < -0.39 is 0 Å². The zero-order valence-corrected chi connectivity index (χ0v) is 5.39. The van der Waals surface area contributed by atoms with Crippen LogP contribution < -0.4 is 5.32 Å². The van der Waals surface area contributed by atoms with Crippen molar-refractivity contribution in [2.45, 2.75) is 37.8 Å². The highest BCUT2D eigenvalue weighted by atomic mass is 16.1. The number of Topliss-reactive ketones (excluding diaryl/α,β-unsaturated/α-hetero) is 1. The first-order valence-electron chi connectivity index (χ1n) is 3.65. The molecule has 2 bridgehead atoms. The number of carbonyl (C=O) groups excluding carboxylic acids is 1. The van der Waals surface area contributed by atoms with E-state index in [9.17, 15) is 4.79 Å². The Bertz CT molecular complexity index is 144. The van der Waals surface area contributed by atoms with Crippen LogP contribution in [0.3, 0.4) is 0 Å². The normalized spacial score (nSPS) is 41.6. The largest absolute Gasteiger partial charge is 0.305 e. The Labute approximate surface area is 54.6 Å². The summed E-state index contributed by atoms with van der Waals surface area (Å²) in [5, 5.41) is 3.29. The van der Waals surface area contributed by atoms with Crippen molar-refractivity contribution in [3.8, 4) is 0 Å². The molecule has 2 fully saturated rings. The van der Waals surface area contributed by atoms with Crippen molar-refractivity contribution < 1.29 is 4.79 Å². The SMILES string of the molecule is O=C1CC[C@@H]2CC[C@H]1N2. The molecule has 0 spiro atoms. The summed E-state index contributed by atoms with van der Waals surface area (Å²) in [6, 6.07) is 0.913. The molecular formula is C7H11NO. The molecule has 0 aliphatic carbocycles. The number of hydrogen-bond donors (Lipinski definition) is 1. The highest BCUT2D eigenvalue weighted by Crippen LogP contribution is 2.23. The minimum atomic E-state index is 0.240. The van der Waals surface area contributed by atoms with Crippen LogP contribution in [0, 0.1) is 0 Å². The van der Waals surface area contributed by atoms with Gasteiger partial charge in [0.15, 0.2) is 0 Å². The predicted octanol–water partition coefficient (Wildman–Crippen LogP) is 0.470. The summed E-state index contributed by atoms with van der Waals surface area (Å²) in [7, 11) is 0. The van der Waals surface area contributed by atoms with E-state index in [0.29, 0.717) is 11.8 Å². The third-order valence-electron chi connectivity index (χ3n) is 2.37. The van der Waals surface area contributed by atoms with E-state index in [1.807, 2.05) is 0 Å². The highest BCUT2D eigenvalue weighted by Gasteiger charge is 2.33. The van der Waals surface area contributed by atoms with Gasteiger partial charge in [-0.1, -0.05) is 0 Å². The van der Waals surface area contributed by atoms with Gasteiger partial charge in [0.1, 0.15) is 5.78 Å². The van der Waals surface area contributed by atoms with Crippen LogP contribution in [-0.4, -0.2) is 17.9 Å². The van der Waals surface area contributed by atoms with Crippen LogP contribution in [-0.2, 0) is 4.79 Å². The maximum absolute atomic E-state index is 11.0. The molecule has 2 aliphatic rings. The zero-order chi connectivity index (χ0) is 6.27. The van der Waals surface area contributed by atoms with Gasteiger partial charge in [-0.3, -0.25) is 4.79 Å². The first-order valence-corrected chi connectivity index (χ1v) is 3.65. The summed E-state index contributed by atoms with van der Waals surface area (Å²) in [6.45, 7) is 0. The first-order chi connectivity index (χ1) is 4.36. The van der Waals surface area contributed by atoms with Gasteiger partial charge in [-0.05, 0) is 19.3 Å². The summed E-state index contributed by atoms with van der Waals surface area (Å²) in [4.78, 5) is 11.0. The summed E-state index contributed by atoms with van der Waals surface area (Å²) in [6.07, 6.45) is 4.21. The van der Waals surface area contributed by atoms with Gasteiger partial charge in [0.2, 0.25) is 0 Å². The smallest absolute Gasteiger partial charge is 0.149 e. The molecule has 1 N–H and O–H groups in total. The maximum Gasteiger partial charge on any atom is 0.149 e. The van der Waals surface area contributed by atoms with Crippen molar-refractivity contribution >= 4 is 5.78 Å². The summed E-state index contributed by atoms with van der Waals surface area (Å²) >= 11 is 0. The Kier molecular flexibility index (Phi) is 1.09. The molecule has 2 nitrogen and oxygen atoms in total. The number of ketones is 1. The van der Waals surface area contributed by atoms with Gasteiger partial charge >= 0.3 is 0 Å². The van der Waals surface area contributed by atoms with E-state index in [4.69, 9.17) is 0 Å². The van der Waals surface area contributed by atoms with Crippen molar-refractivity contribution in [1.29, 1.82) is 0 Å². The van der Waals surface area contributed by atoms with Crippen molar-refractivity contribution in [2.24, 2.45) is 0 Å². The van der Waals surface area contributed by atoms with Crippen LogP contribution in [0.1, 0.15) is 25.7 Å². The lowest BCUT2D eigenvalue weighted by molar-refractivity contribution is -0.121. The van der Waals surface area contributed by atoms with E-state index in [1.165, 1.54) is 6.42 Å². The second kappa shape index (κ2) is 1.81. The van der Waals surface area contributed by atoms with Crippen molar-refractivity contribution in [3.63, 3.8) is 0 Å². The van der Waals surface area contributed by atoms with Gasteiger partial charge in [0.25, 0.3) is 0 Å². The second-order valence-electron chi connectivity index (χ2n) is 3.00. The van der Waals surface area contributed by atoms with E-state index in [2.05, 4.69) is 5.32 Å². The molecule has 0 aromatic rings. The Hall–Kier alpha value is -0.370. The van der Waals surface area contributed by atoms with Crippen LogP contribution >= 0.6 is 0 Å². The van der Waals surface area contributed by atoms with E-state index in [1.54, 1.807) is 0 Å². The zero-order valence-electron chi connectivity index (χ0n) is 5.39. The fourth-order valence-electron chi connectivity index (χ4n) is 1.79. The molecule has 2 heteroatoms. The van der Waals surface area contributed by atoms with E-state index in [0.717, 1.165) is 19.3 Å². The second-order valence-corrected chi connectivity index (χ2v) is 3.00. The predicted molar refractivity (Wildman–Crippen MR) is 34.2 cm³/mol. The fourth-order valence-corrected chi connectivity index (χ4v) is 1.79. The van der Waals surface area contributed by atoms with E-state index >= 15 is 0 Å². The molecule has 2 saturated heterocycles. The maximum atomic E-state index is 11.0. The quantitative estimate of drug-likeness (QED) is 0.510. The lowest BCUT2D eigenvalue weighted by Crippen LogP contribution is -2.40. The van der Waals surface area contributed by atoms with Crippen molar-refractivity contribution in [2.75, 3.05) is 0 Å². The monoisotopic (exact) mass is 125 g/mol. The molecule has 0 unspecified atom stereocenters. The van der Waals surface area contributed by atoms with E-state index in [-0.39, 0.29) is 6.04 Å². The molecule has 2 heterocycles. The Balaban J connectivity index is 2.14. The standard InChI is InChI=1S/C7H11NO/c9-7-4-2-5-1-3-6(7)8-5/h5-6,8H,1-4H2/t5-,6+/m0/s1. The number of fused-ring (bicyclic) bond motifs is 2. The van der Waals surface area contributed by atoms with Crippen LogP contribution in [0.15, 0.2) is 0 Å². The minimum absolute atomic E-state index is 0.240. The van der Waals surface area contributed by atoms with Crippen LogP contribution in [0.2, 0.25) is 0 Å². The average Bonchev–Trinajstić information content (AvgIpc) is 2.25. The molecule has 2 aliphatic heterocycles. The Morgan fingerprint density at radius 1 is 1.33 bits per heavy atom. The lowest BCUT2D eigenvalue weighted by atomic mass is 10.1. The molecule has 0 aromatic carbocycles. The van der Waals surface area contributed by atoms with Gasteiger partial charge in [-0.2, -0.15) is 0 Å². The molecule has 9 heavy (non-hydrogen) atoms. The summed E-state index contributed by atoms with van der Waals surface area (Å²) in [5.41, 5.74) is 0. The van der Waals surface area contributed by atoms with Gasteiger partial charge in [-0.25, -0.2) is 0 Å². The molecule has 2 rings (SSSR count).